The average molecular weight is 365 g/mol. The Morgan fingerprint density at radius 3 is 2.15 bits per heavy atom. The molecule has 0 aromatic heterocycles. The lowest BCUT2D eigenvalue weighted by Gasteiger charge is -2.19. The van der Waals surface area contributed by atoms with E-state index in [0.717, 1.165) is 11.3 Å². The zero-order valence-corrected chi connectivity index (χ0v) is 15.2. The summed E-state index contributed by atoms with van der Waals surface area (Å²) in [6.07, 6.45) is 0. The van der Waals surface area contributed by atoms with Crippen molar-refractivity contribution in [3.63, 3.8) is 0 Å². The maximum atomic E-state index is 12.9. The Labute approximate surface area is 157 Å². The Bertz CT molecular complexity index is 908. The van der Waals surface area contributed by atoms with Crippen LogP contribution in [0.25, 0.3) is 0 Å². The molecule has 0 bridgehead atoms. The second-order valence-electron chi connectivity index (χ2n) is 6.05. The molecule has 138 valence electrons. The summed E-state index contributed by atoms with van der Waals surface area (Å²) in [5.74, 6) is 1.44. The van der Waals surface area contributed by atoms with E-state index in [4.69, 9.17) is 9.47 Å². The highest BCUT2D eigenvalue weighted by Crippen LogP contribution is 2.23. The van der Waals surface area contributed by atoms with Gasteiger partial charge in [-0.25, -0.2) is 4.39 Å². The Morgan fingerprint density at radius 1 is 0.926 bits per heavy atom. The number of hydrogen-bond acceptors (Lipinski definition) is 3. The minimum Gasteiger partial charge on any atom is -0.496 e. The fraction of sp³-hybridized carbons (Fsp3) is 0.136. The first-order valence-corrected chi connectivity index (χ1v) is 8.47. The van der Waals surface area contributed by atoms with E-state index >= 15 is 0 Å². The molecule has 3 rings (SSSR count). The minimum absolute atomic E-state index is 0.103. The SMILES string of the molecule is COc1ccccc1CN(C)C(=O)c1ccc(Oc2ccc(F)cc2)cc1. The van der Waals surface area contributed by atoms with Gasteiger partial charge >= 0.3 is 0 Å². The summed E-state index contributed by atoms with van der Waals surface area (Å²) < 4.78 is 23.9. The highest BCUT2D eigenvalue weighted by atomic mass is 19.1. The summed E-state index contributed by atoms with van der Waals surface area (Å²) in [4.78, 5) is 14.3. The van der Waals surface area contributed by atoms with Gasteiger partial charge in [-0.2, -0.15) is 0 Å². The third-order valence-electron chi connectivity index (χ3n) is 4.10. The number of methoxy groups -OCH3 is 1. The van der Waals surface area contributed by atoms with Crippen molar-refractivity contribution in [1.29, 1.82) is 0 Å². The van der Waals surface area contributed by atoms with Gasteiger partial charge in [-0.05, 0) is 54.6 Å². The molecular weight excluding hydrogens is 345 g/mol. The smallest absolute Gasteiger partial charge is 0.253 e. The van der Waals surface area contributed by atoms with Gasteiger partial charge in [0.05, 0.1) is 7.11 Å². The number of carbonyl (C=O) groups excluding carboxylic acids is 1. The molecule has 27 heavy (non-hydrogen) atoms. The number of nitrogens with zero attached hydrogens (tertiary/aromatic N) is 1. The maximum Gasteiger partial charge on any atom is 0.253 e. The Morgan fingerprint density at radius 2 is 1.52 bits per heavy atom. The summed E-state index contributed by atoms with van der Waals surface area (Å²) in [7, 11) is 3.36. The third kappa shape index (κ3) is 4.64. The molecule has 0 unspecified atom stereocenters. The predicted molar refractivity (Wildman–Crippen MR) is 102 cm³/mol. The van der Waals surface area contributed by atoms with E-state index in [1.54, 1.807) is 55.5 Å². The van der Waals surface area contributed by atoms with Crippen LogP contribution in [0.2, 0.25) is 0 Å². The first-order valence-electron chi connectivity index (χ1n) is 8.47. The fourth-order valence-corrected chi connectivity index (χ4v) is 2.69. The zero-order chi connectivity index (χ0) is 19.2. The van der Waals surface area contributed by atoms with Gasteiger partial charge in [0.25, 0.3) is 5.91 Å². The van der Waals surface area contributed by atoms with Crippen molar-refractivity contribution in [1.82, 2.24) is 4.90 Å². The van der Waals surface area contributed by atoms with Gasteiger partial charge in [-0.3, -0.25) is 4.79 Å². The zero-order valence-electron chi connectivity index (χ0n) is 15.2. The van der Waals surface area contributed by atoms with Crippen molar-refractivity contribution in [2.75, 3.05) is 14.2 Å². The number of carbonyl (C=O) groups is 1. The molecule has 3 aromatic carbocycles. The van der Waals surface area contributed by atoms with Gasteiger partial charge < -0.3 is 14.4 Å². The Hall–Kier alpha value is -3.34. The summed E-state index contributed by atoms with van der Waals surface area (Å²) in [5.41, 5.74) is 1.49. The molecule has 4 nitrogen and oxygen atoms in total. The van der Waals surface area contributed by atoms with Crippen molar-refractivity contribution in [3.8, 4) is 17.2 Å². The lowest BCUT2D eigenvalue weighted by molar-refractivity contribution is 0.0784. The van der Waals surface area contributed by atoms with Crippen molar-refractivity contribution < 1.29 is 18.7 Å². The van der Waals surface area contributed by atoms with Gasteiger partial charge in [-0.1, -0.05) is 18.2 Å². The number of ether oxygens (including phenoxy) is 2. The number of para-hydroxylation sites is 1. The number of rotatable bonds is 6. The molecule has 0 saturated heterocycles. The Balaban J connectivity index is 1.66. The van der Waals surface area contributed by atoms with E-state index in [1.165, 1.54) is 12.1 Å². The van der Waals surface area contributed by atoms with Crippen LogP contribution in [0.15, 0.2) is 72.8 Å². The van der Waals surface area contributed by atoms with Crippen LogP contribution < -0.4 is 9.47 Å². The highest BCUT2D eigenvalue weighted by molar-refractivity contribution is 5.94. The molecule has 0 aliphatic carbocycles. The lowest BCUT2D eigenvalue weighted by Crippen LogP contribution is -2.26. The van der Waals surface area contributed by atoms with Crippen LogP contribution in [-0.4, -0.2) is 25.0 Å². The van der Waals surface area contributed by atoms with Crippen LogP contribution in [0.1, 0.15) is 15.9 Å². The fourth-order valence-electron chi connectivity index (χ4n) is 2.69. The molecule has 0 N–H and O–H groups in total. The van der Waals surface area contributed by atoms with Crippen LogP contribution >= 0.6 is 0 Å². The van der Waals surface area contributed by atoms with E-state index < -0.39 is 0 Å². The number of amides is 1. The molecule has 0 aliphatic rings. The number of hydrogen-bond donors (Lipinski definition) is 0. The van der Waals surface area contributed by atoms with Crippen molar-refractivity contribution in [2.24, 2.45) is 0 Å². The third-order valence-corrected chi connectivity index (χ3v) is 4.10. The summed E-state index contributed by atoms with van der Waals surface area (Å²) in [5, 5.41) is 0. The molecule has 0 heterocycles. The monoisotopic (exact) mass is 365 g/mol. The predicted octanol–water partition coefficient (Wildman–Crippen LogP) is 4.90. The van der Waals surface area contributed by atoms with Crippen LogP contribution in [0, 0.1) is 5.82 Å². The van der Waals surface area contributed by atoms with Gasteiger partial charge in [0.15, 0.2) is 0 Å². The quantitative estimate of drug-likeness (QED) is 0.624. The van der Waals surface area contributed by atoms with Gasteiger partial charge in [-0.15, -0.1) is 0 Å². The Kier molecular flexibility index (Phi) is 5.71. The summed E-state index contributed by atoms with van der Waals surface area (Å²) >= 11 is 0. The first kappa shape index (κ1) is 18.5. The van der Waals surface area contributed by atoms with Crippen LogP contribution in [0.3, 0.4) is 0 Å². The largest absolute Gasteiger partial charge is 0.496 e. The van der Waals surface area contributed by atoms with Crippen LogP contribution in [0.5, 0.6) is 17.2 Å². The maximum absolute atomic E-state index is 12.9. The van der Waals surface area contributed by atoms with Crippen molar-refractivity contribution in [3.05, 3.63) is 89.7 Å². The summed E-state index contributed by atoms with van der Waals surface area (Å²) in [6.45, 7) is 0.441. The molecule has 3 aromatic rings. The number of halogens is 1. The van der Waals surface area contributed by atoms with Crippen molar-refractivity contribution in [2.45, 2.75) is 6.54 Å². The molecule has 0 aliphatic heterocycles. The van der Waals surface area contributed by atoms with Crippen LogP contribution in [-0.2, 0) is 6.54 Å². The second-order valence-corrected chi connectivity index (χ2v) is 6.05. The molecule has 0 saturated carbocycles. The average Bonchev–Trinajstić information content (AvgIpc) is 2.70. The van der Waals surface area contributed by atoms with E-state index in [2.05, 4.69) is 0 Å². The second kappa shape index (κ2) is 8.36. The molecule has 5 heteroatoms. The molecule has 1 amide bonds. The number of benzene rings is 3. The topological polar surface area (TPSA) is 38.8 Å². The van der Waals surface area contributed by atoms with Gasteiger partial charge in [0, 0.05) is 24.7 Å². The molecule has 0 atom stereocenters. The first-order chi connectivity index (χ1) is 13.1. The van der Waals surface area contributed by atoms with E-state index in [-0.39, 0.29) is 11.7 Å². The normalized spacial score (nSPS) is 10.3. The molecule has 0 radical (unpaired) electrons. The molecule has 0 spiro atoms. The highest BCUT2D eigenvalue weighted by Gasteiger charge is 2.14. The standard InChI is InChI=1S/C22H20FNO3/c1-24(15-17-5-3-4-6-21(17)26-2)22(25)16-7-11-19(12-8-16)27-20-13-9-18(23)10-14-20/h3-14H,15H2,1-2H3. The summed E-state index contributed by atoms with van der Waals surface area (Å²) in [6, 6.07) is 20.2. The lowest BCUT2D eigenvalue weighted by atomic mass is 10.1. The van der Waals surface area contributed by atoms with E-state index in [9.17, 15) is 9.18 Å². The van der Waals surface area contributed by atoms with Gasteiger partial charge in [0.1, 0.15) is 23.1 Å². The van der Waals surface area contributed by atoms with Crippen molar-refractivity contribution >= 4 is 5.91 Å². The minimum atomic E-state index is -0.318. The van der Waals surface area contributed by atoms with E-state index in [1.807, 2.05) is 24.3 Å². The molecular formula is C22H20FNO3. The van der Waals surface area contributed by atoms with Crippen LogP contribution in [0.4, 0.5) is 4.39 Å². The molecule has 0 fully saturated rings. The van der Waals surface area contributed by atoms with Gasteiger partial charge in [0.2, 0.25) is 0 Å². The van der Waals surface area contributed by atoms with E-state index in [0.29, 0.717) is 23.6 Å².